The van der Waals surface area contributed by atoms with Gasteiger partial charge in [-0.1, -0.05) is 29.8 Å². The van der Waals surface area contributed by atoms with Crippen molar-refractivity contribution in [1.82, 2.24) is 4.98 Å². The standard InChI is InChI=1S/C14H15ClN2O2S/c1-10-9-20-14(16-10)17(7-6-13(18)19)8-11-4-2-3-5-12(11)15/h2-5,9H,6-8H2,1H3,(H,18,19). The summed E-state index contributed by atoms with van der Waals surface area (Å²) in [6, 6.07) is 7.57. The van der Waals surface area contributed by atoms with Crippen LogP contribution in [0.15, 0.2) is 29.6 Å². The summed E-state index contributed by atoms with van der Waals surface area (Å²) >= 11 is 7.68. The van der Waals surface area contributed by atoms with Crippen LogP contribution in [0.4, 0.5) is 5.13 Å². The fourth-order valence-corrected chi connectivity index (χ4v) is 2.82. The summed E-state index contributed by atoms with van der Waals surface area (Å²) in [6.07, 6.45) is 0.0725. The van der Waals surface area contributed by atoms with Gasteiger partial charge in [0.25, 0.3) is 0 Å². The number of aryl methyl sites for hydroxylation is 1. The van der Waals surface area contributed by atoms with E-state index in [-0.39, 0.29) is 6.42 Å². The second-order valence-corrected chi connectivity index (χ2v) is 5.67. The van der Waals surface area contributed by atoms with E-state index in [0.717, 1.165) is 16.4 Å². The summed E-state index contributed by atoms with van der Waals surface area (Å²) in [7, 11) is 0. The highest BCUT2D eigenvalue weighted by molar-refractivity contribution is 7.13. The number of hydrogen-bond donors (Lipinski definition) is 1. The van der Waals surface area contributed by atoms with E-state index >= 15 is 0 Å². The summed E-state index contributed by atoms with van der Waals surface area (Å²) in [4.78, 5) is 17.2. The number of rotatable bonds is 6. The minimum Gasteiger partial charge on any atom is -0.481 e. The minimum atomic E-state index is -0.817. The van der Waals surface area contributed by atoms with Crippen molar-refractivity contribution in [2.75, 3.05) is 11.4 Å². The van der Waals surface area contributed by atoms with E-state index < -0.39 is 5.97 Å². The Kier molecular flexibility index (Phi) is 4.98. The van der Waals surface area contributed by atoms with Crippen LogP contribution in [-0.2, 0) is 11.3 Å². The van der Waals surface area contributed by atoms with Crippen molar-refractivity contribution in [3.63, 3.8) is 0 Å². The molecule has 6 heteroatoms. The normalized spacial score (nSPS) is 10.5. The predicted molar refractivity (Wildman–Crippen MR) is 81.6 cm³/mol. The van der Waals surface area contributed by atoms with Crippen LogP contribution in [0.1, 0.15) is 17.7 Å². The maximum atomic E-state index is 10.8. The van der Waals surface area contributed by atoms with Crippen molar-refractivity contribution >= 4 is 34.0 Å². The third kappa shape index (κ3) is 3.95. The molecule has 0 saturated heterocycles. The van der Waals surface area contributed by atoms with Gasteiger partial charge in [-0.3, -0.25) is 4.79 Å². The van der Waals surface area contributed by atoms with Crippen LogP contribution in [0.25, 0.3) is 0 Å². The fraction of sp³-hybridized carbons (Fsp3) is 0.286. The number of halogens is 1. The predicted octanol–water partition coefficient (Wildman–Crippen LogP) is 3.59. The molecule has 0 bridgehead atoms. The van der Waals surface area contributed by atoms with Gasteiger partial charge in [0.1, 0.15) is 0 Å². The maximum absolute atomic E-state index is 10.8. The van der Waals surface area contributed by atoms with Crippen LogP contribution >= 0.6 is 22.9 Å². The molecule has 1 N–H and O–H groups in total. The lowest BCUT2D eigenvalue weighted by Crippen LogP contribution is -2.25. The summed E-state index contributed by atoms with van der Waals surface area (Å²) in [5, 5.41) is 12.3. The van der Waals surface area contributed by atoms with E-state index in [1.54, 1.807) is 0 Å². The molecule has 0 amide bonds. The first kappa shape index (κ1) is 14.8. The Morgan fingerprint density at radius 1 is 1.45 bits per heavy atom. The van der Waals surface area contributed by atoms with Crippen LogP contribution in [0.3, 0.4) is 0 Å². The van der Waals surface area contributed by atoms with Crippen LogP contribution in [0.2, 0.25) is 5.02 Å². The summed E-state index contributed by atoms with van der Waals surface area (Å²) < 4.78 is 0. The van der Waals surface area contributed by atoms with Gasteiger partial charge in [0, 0.05) is 23.5 Å². The molecule has 1 aromatic heterocycles. The molecule has 1 aromatic carbocycles. The molecule has 0 aliphatic heterocycles. The average molecular weight is 311 g/mol. The maximum Gasteiger partial charge on any atom is 0.305 e. The summed E-state index contributed by atoms with van der Waals surface area (Å²) in [6.45, 7) is 2.89. The molecule has 2 aromatic rings. The van der Waals surface area contributed by atoms with Gasteiger partial charge in [0.05, 0.1) is 12.1 Å². The number of aromatic nitrogens is 1. The van der Waals surface area contributed by atoms with Crippen molar-refractivity contribution in [3.05, 3.63) is 45.9 Å². The highest BCUT2D eigenvalue weighted by Gasteiger charge is 2.14. The number of anilines is 1. The average Bonchev–Trinajstić information content (AvgIpc) is 2.83. The van der Waals surface area contributed by atoms with Gasteiger partial charge in [-0.15, -0.1) is 11.3 Å². The van der Waals surface area contributed by atoms with E-state index in [1.807, 2.05) is 41.5 Å². The molecule has 106 valence electrons. The number of thiazole rings is 1. The smallest absolute Gasteiger partial charge is 0.305 e. The Bertz CT molecular complexity index is 600. The van der Waals surface area contributed by atoms with Gasteiger partial charge in [-0.25, -0.2) is 4.98 Å². The number of carboxylic acids is 1. The highest BCUT2D eigenvalue weighted by Crippen LogP contribution is 2.24. The third-order valence-corrected chi connectivity index (χ3v) is 4.18. The largest absolute Gasteiger partial charge is 0.481 e. The zero-order valence-corrected chi connectivity index (χ0v) is 12.6. The van der Waals surface area contributed by atoms with Crippen LogP contribution in [-0.4, -0.2) is 22.6 Å². The number of aliphatic carboxylic acids is 1. The zero-order valence-electron chi connectivity index (χ0n) is 11.0. The molecule has 0 aliphatic carbocycles. The topological polar surface area (TPSA) is 53.4 Å². The molecule has 0 spiro atoms. The number of nitrogens with zero attached hydrogens (tertiary/aromatic N) is 2. The molecule has 1 heterocycles. The van der Waals surface area contributed by atoms with E-state index in [0.29, 0.717) is 18.1 Å². The Morgan fingerprint density at radius 2 is 2.20 bits per heavy atom. The second kappa shape index (κ2) is 6.72. The van der Waals surface area contributed by atoms with Crippen molar-refractivity contribution < 1.29 is 9.90 Å². The molecule has 4 nitrogen and oxygen atoms in total. The summed E-state index contributed by atoms with van der Waals surface area (Å²) in [5.74, 6) is -0.817. The van der Waals surface area contributed by atoms with Gasteiger partial charge in [-0.05, 0) is 18.6 Å². The molecule has 2 rings (SSSR count). The lowest BCUT2D eigenvalue weighted by Gasteiger charge is -2.21. The number of carbonyl (C=O) groups is 1. The number of hydrogen-bond acceptors (Lipinski definition) is 4. The first-order chi connectivity index (χ1) is 9.56. The SMILES string of the molecule is Cc1csc(N(CCC(=O)O)Cc2ccccc2Cl)n1. The molecular weight excluding hydrogens is 296 g/mol. The first-order valence-corrected chi connectivity index (χ1v) is 7.44. The Labute approximate surface area is 126 Å². The van der Waals surface area contributed by atoms with Gasteiger partial charge < -0.3 is 10.0 Å². The quantitative estimate of drug-likeness (QED) is 0.886. The zero-order chi connectivity index (χ0) is 14.5. The molecule has 20 heavy (non-hydrogen) atoms. The van der Waals surface area contributed by atoms with Crippen LogP contribution < -0.4 is 4.90 Å². The first-order valence-electron chi connectivity index (χ1n) is 6.18. The Morgan fingerprint density at radius 3 is 2.80 bits per heavy atom. The van der Waals surface area contributed by atoms with Crippen molar-refractivity contribution in [2.45, 2.75) is 19.9 Å². The molecular formula is C14H15ClN2O2S. The molecule has 0 radical (unpaired) electrons. The van der Waals surface area contributed by atoms with Crippen molar-refractivity contribution in [3.8, 4) is 0 Å². The van der Waals surface area contributed by atoms with E-state index in [1.165, 1.54) is 11.3 Å². The monoisotopic (exact) mass is 310 g/mol. The lowest BCUT2D eigenvalue weighted by atomic mass is 10.2. The molecule has 0 saturated carbocycles. The Hall–Kier alpha value is -1.59. The van der Waals surface area contributed by atoms with Crippen LogP contribution in [0.5, 0.6) is 0 Å². The Balaban J connectivity index is 2.18. The molecule has 0 unspecified atom stereocenters. The molecule has 0 atom stereocenters. The third-order valence-electron chi connectivity index (χ3n) is 2.79. The van der Waals surface area contributed by atoms with Gasteiger partial charge >= 0.3 is 5.97 Å². The van der Waals surface area contributed by atoms with Gasteiger partial charge in [0.15, 0.2) is 5.13 Å². The second-order valence-electron chi connectivity index (χ2n) is 4.43. The van der Waals surface area contributed by atoms with Crippen LogP contribution in [0, 0.1) is 6.92 Å². The van der Waals surface area contributed by atoms with Crippen molar-refractivity contribution in [1.29, 1.82) is 0 Å². The summed E-state index contributed by atoms with van der Waals surface area (Å²) in [5.41, 5.74) is 1.90. The van der Waals surface area contributed by atoms with Gasteiger partial charge in [0.2, 0.25) is 0 Å². The highest BCUT2D eigenvalue weighted by atomic mass is 35.5. The molecule has 0 fully saturated rings. The fourth-order valence-electron chi connectivity index (χ4n) is 1.79. The number of carboxylic acid groups (broad SMARTS) is 1. The van der Waals surface area contributed by atoms with E-state index in [9.17, 15) is 4.79 Å². The number of benzene rings is 1. The lowest BCUT2D eigenvalue weighted by molar-refractivity contribution is -0.136. The van der Waals surface area contributed by atoms with Gasteiger partial charge in [-0.2, -0.15) is 0 Å². The van der Waals surface area contributed by atoms with E-state index in [2.05, 4.69) is 4.98 Å². The van der Waals surface area contributed by atoms with E-state index in [4.69, 9.17) is 16.7 Å². The van der Waals surface area contributed by atoms with Crippen molar-refractivity contribution in [2.24, 2.45) is 0 Å². The minimum absolute atomic E-state index is 0.0725. The molecule has 0 aliphatic rings.